The monoisotopic (exact) mass is 255 g/mol. The molecule has 1 aliphatic rings. The van der Waals surface area contributed by atoms with Crippen molar-refractivity contribution in [2.24, 2.45) is 0 Å². The number of hydrogen-bond acceptors (Lipinski definition) is 4. The quantitative estimate of drug-likeness (QED) is 0.912. The van der Waals surface area contributed by atoms with Gasteiger partial charge in [-0.15, -0.1) is 0 Å². The number of nitrogens with zero attached hydrogens (tertiary/aromatic N) is 2. The smallest absolute Gasteiger partial charge is 0.130 e. The van der Waals surface area contributed by atoms with E-state index < -0.39 is 0 Å². The van der Waals surface area contributed by atoms with Crippen molar-refractivity contribution < 1.29 is 4.74 Å². The van der Waals surface area contributed by atoms with Crippen LogP contribution in [0.25, 0.3) is 11.3 Å². The van der Waals surface area contributed by atoms with Crippen LogP contribution < -0.4 is 5.32 Å². The Bertz CT molecular complexity index is 524. The van der Waals surface area contributed by atoms with E-state index in [9.17, 15) is 0 Å². The van der Waals surface area contributed by atoms with Gasteiger partial charge in [-0.25, -0.2) is 9.97 Å². The molecule has 19 heavy (non-hydrogen) atoms. The van der Waals surface area contributed by atoms with Gasteiger partial charge in [0.05, 0.1) is 11.8 Å². The molecule has 4 heteroatoms. The van der Waals surface area contributed by atoms with Crippen LogP contribution in [0, 0.1) is 0 Å². The van der Waals surface area contributed by atoms with E-state index in [2.05, 4.69) is 15.3 Å². The van der Waals surface area contributed by atoms with Crippen molar-refractivity contribution in [3.63, 3.8) is 0 Å². The average Bonchev–Trinajstić information content (AvgIpc) is 3.00. The highest BCUT2D eigenvalue weighted by molar-refractivity contribution is 5.61. The molecule has 2 aromatic rings. The molecule has 98 valence electrons. The molecular weight excluding hydrogens is 238 g/mol. The van der Waals surface area contributed by atoms with Gasteiger partial charge in [0.25, 0.3) is 0 Å². The Hall–Kier alpha value is -1.94. The Morgan fingerprint density at radius 2 is 2.11 bits per heavy atom. The summed E-state index contributed by atoms with van der Waals surface area (Å²) in [5, 5.41) is 3.32. The largest absolute Gasteiger partial charge is 0.376 e. The van der Waals surface area contributed by atoms with Gasteiger partial charge in [-0.05, 0) is 12.8 Å². The molecule has 1 aliphatic heterocycles. The second-order valence-corrected chi connectivity index (χ2v) is 4.67. The molecule has 1 aromatic heterocycles. The van der Waals surface area contributed by atoms with E-state index in [1.165, 1.54) is 0 Å². The highest BCUT2D eigenvalue weighted by atomic mass is 16.5. The Labute approximate surface area is 112 Å². The minimum atomic E-state index is 0.315. The van der Waals surface area contributed by atoms with Crippen LogP contribution in [-0.4, -0.2) is 29.2 Å². The third-order valence-electron chi connectivity index (χ3n) is 3.27. The lowest BCUT2D eigenvalue weighted by Gasteiger charge is -2.11. The van der Waals surface area contributed by atoms with Gasteiger partial charge < -0.3 is 10.1 Å². The molecular formula is C15H17N3O. The summed E-state index contributed by atoms with van der Waals surface area (Å²) >= 11 is 0. The van der Waals surface area contributed by atoms with Gasteiger partial charge in [-0.3, -0.25) is 0 Å². The van der Waals surface area contributed by atoms with E-state index in [-0.39, 0.29) is 0 Å². The van der Waals surface area contributed by atoms with Crippen molar-refractivity contribution in [2.75, 3.05) is 18.5 Å². The number of hydrogen-bond donors (Lipinski definition) is 1. The zero-order chi connectivity index (χ0) is 12.9. The Morgan fingerprint density at radius 3 is 2.89 bits per heavy atom. The second-order valence-electron chi connectivity index (χ2n) is 4.67. The SMILES string of the molecule is c1ccc(-c2cc(NC[C@H]3CCCO3)ncn2)cc1. The molecule has 0 saturated carbocycles. The van der Waals surface area contributed by atoms with E-state index in [0.717, 1.165) is 43.1 Å². The Balaban J connectivity index is 1.69. The van der Waals surface area contributed by atoms with Crippen molar-refractivity contribution in [2.45, 2.75) is 18.9 Å². The maximum Gasteiger partial charge on any atom is 0.130 e. The van der Waals surface area contributed by atoms with Crippen LogP contribution in [0.3, 0.4) is 0 Å². The van der Waals surface area contributed by atoms with Gasteiger partial charge in [0.2, 0.25) is 0 Å². The molecule has 1 fully saturated rings. The predicted molar refractivity (Wildman–Crippen MR) is 74.9 cm³/mol. The number of benzene rings is 1. The maximum absolute atomic E-state index is 5.58. The number of ether oxygens (including phenoxy) is 1. The van der Waals surface area contributed by atoms with Crippen LogP contribution in [0.1, 0.15) is 12.8 Å². The lowest BCUT2D eigenvalue weighted by atomic mass is 10.1. The second kappa shape index (κ2) is 5.80. The van der Waals surface area contributed by atoms with Gasteiger partial charge >= 0.3 is 0 Å². The van der Waals surface area contributed by atoms with E-state index in [4.69, 9.17) is 4.74 Å². The molecule has 2 heterocycles. The molecule has 0 bridgehead atoms. The predicted octanol–water partition coefficient (Wildman–Crippen LogP) is 2.73. The van der Waals surface area contributed by atoms with Crippen molar-refractivity contribution in [3.05, 3.63) is 42.7 Å². The molecule has 0 unspecified atom stereocenters. The fraction of sp³-hybridized carbons (Fsp3) is 0.333. The lowest BCUT2D eigenvalue weighted by molar-refractivity contribution is 0.120. The molecule has 1 aromatic carbocycles. The molecule has 1 saturated heterocycles. The molecule has 4 nitrogen and oxygen atoms in total. The summed E-state index contributed by atoms with van der Waals surface area (Å²) in [6.45, 7) is 1.69. The third kappa shape index (κ3) is 3.09. The van der Waals surface area contributed by atoms with Gasteiger partial charge in [-0.1, -0.05) is 30.3 Å². The van der Waals surface area contributed by atoms with Crippen LogP contribution in [-0.2, 0) is 4.74 Å². The Kier molecular flexibility index (Phi) is 3.70. The van der Waals surface area contributed by atoms with Crippen molar-refractivity contribution in [1.29, 1.82) is 0 Å². The van der Waals surface area contributed by atoms with Crippen LogP contribution in [0.15, 0.2) is 42.7 Å². The molecule has 0 amide bonds. The van der Waals surface area contributed by atoms with Gasteiger partial charge in [-0.2, -0.15) is 0 Å². The zero-order valence-corrected chi connectivity index (χ0v) is 10.7. The Morgan fingerprint density at radius 1 is 1.21 bits per heavy atom. The van der Waals surface area contributed by atoms with E-state index in [1.807, 2.05) is 36.4 Å². The minimum absolute atomic E-state index is 0.315. The fourth-order valence-electron chi connectivity index (χ4n) is 2.24. The van der Waals surface area contributed by atoms with E-state index in [1.54, 1.807) is 6.33 Å². The van der Waals surface area contributed by atoms with E-state index in [0.29, 0.717) is 6.10 Å². The summed E-state index contributed by atoms with van der Waals surface area (Å²) in [6.07, 6.45) is 4.20. The molecule has 1 atom stereocenters. The minimum Gasteiger partial charge on any atom is -0.376 e. The highest BCUT2D eigenvalue weighted by Crippen LogP contribution is 2.18. The molecule has 0 spiro atoms. The van der Waals surface area contributed by atoms with Crippen LogP contribution >= 0.6 is 0 Å². The average molecular weight is 255 g/mol. The summed E-state index contributed by atoms with van der Waals surface area (Å²) in [5.74, 6) is 0.851. The molecule has 3 rings (SSSR count). The first-order chi connectivity index (χ1) is 9.42. The van der Waals surface area contributed by atoms with Crippen LogP contribution in [0.2, 0.25) is 0 Å². The van der Waals surface area contributed by atoms with Crippen molar-refractivity contribution >= 4 is 5.82 Å². The molecule has 1 N–H and O–H groups in total. The number of rotatable bonds is 4. The normalized spacial score (nSPS) is 18.4. The maximum atomic E-state index is 5.58. The molecule has 0 radical (unpaired) electrons. The van der Waals surface area contributed by atoms with E-state index >= 15 is 0 Å². The molecule has 0 aliphatic carbocycles. The third-order valence-corrected chi connectivity index (χ3v) is 3.27. The fourth-order valence-corrected chi connectivity index (χ4v) is 2.24. The summed E-state index contributed by atoms with van der Waals surface area (Å²) < 4.78 is 5.58. The number of nitrogens with one attached hydrogen (secondary N) is 1. The van der Waals surface area contributed by atoms with Crippen LogP contribution in [0.5, 0.6) is 0 Å². The number of anilines is 1. The van der Waals surface area contributed by atoms with Crippen LogP contribution in [0.4, 0.5) is 5.82 Å². The topological polar surface area (TPSA) is 47.0 Å². The van der Waals surface area contributed by atoms with Crippen molar-refractivity contribution in [1.82, 2.24) is 9.97 Å². The van der Waals surface area contributed by atoms with Gasteiger partial charge in [0.15, 0.2) is 0 Å². The first kappa shape index (κ1) is 12.1. The van der Waals surface area contributed by atoms with Crippen molar-refractivity contribution in [3.8, 4) is 11.3 Å². The summed E-state index contributed by atoms with van der Waals surface area (Å²) in [4.78, 5) is 8.56. The highest BCUT2D eigenvalue weighted by Gasteiger charge is 2.15. The first-order valence-electron chi connectivity index (χ1n) is 6.65. The number of aromatic nitrogens is 2. The van der Waals surface area contributed by atoms with Gasteiger partial charge in [0.1, 0.15) is 12.1 Å². The standard InChI is InChI=1S/C15H17N3O/c1-2-5-12(6-3-1)14-9-15(18-11-17-14)16-10-13-7-4-8-19-13/h1-3,5-6,9,11,13H,4,7-8,10H2,(H,16,17,18)/t13-/m1/s1. The van der Waals surface area contributed by atoms with Gasteiger partial charge in [0, 0.05) is 24.8 Å². The summed E-state index contributed by atoms with van der Waals surface area (Å²) in [6, 6.07) is 12.1. The zero-order valence-electron chi connectivity index (χ0n) is 10.7. The summed E-state index contributed by atoms with van der Waals surface area (Å²) in [5.41, 5.74) is 2.04. The first-order valence-corrected chi connectivity index (χ1v) is 6.65. The lowest BCUT2D eigenvalue weighted by Crippen LogP contribution is -2.18. The summed E-state index contributed by atoms with van der Waals surface area (Å²) in [7, 11) is 0.